The highest BCUT2D eigenvalue weighted by Crippen LogP contribution is 2.28. The van der Waals surface area contributed by atoms with Crippen LogP contribution in [-0.4, -0.2) is 23.2 Å². The SMILES string of the molecule is COc1c(N)cc(C(C)F)nc1C(=O)O. The van der Waals surface area contributed by atoms with Crippen LogP contribution in [0.2, 0.25) is 0 Å². The van der Waals surface area contributed by atoms with Crippen molar-refractivity contribution in [1.29, 1.82) is 0 Å². The number of ether oxygens (including phenoxy) is 1. The predicted molar refractivity (Wildman–Crippen MR) is 51.7 cm³/mol. The number of halogens is 1. The summed E-state index contributed by atoms with van der Waals surface area (Å²) in [5.74, 6) is -1.35. The molecule has 1 rings (SSSR count). The van der Waals surface area contributed by atoms with Crippen LogP contribution in [0.4, 0.5) is 10.1 Å². The van der Waals surface area contributed by atoms with E-state index in [4.69, 9.17) is 15.6 Å². The van der Waals surface area contributed by atoms with Crippen LogP contribution in [0.1, 0.15) is 29.3 Å². The van der Waals surface area contributed by atoms with Gasteiger partial charge in [-0.15, -0.1) is 0 Å². The Hall–Kier alpha value is -1.85. The van der Waals surface area contributed by atoms with E-state index in [-0.39, 0.29) is 22.8 Å². The fourth-order valence-corrected chi connectivity index (χ4v) is 1.14. The van der Waals surface area contributed by atoms with E-state index in [1.807, 2.05) is 0 Å². The summed E-state index contributed by atoms with van der Waals surface area (Å²) in [5, 5.41) is 8.81. The van der Waals surface area contributed by atoms with Crippen LogP contribution in [-0.2, 0) is 0 Å². The summed E-state index contributed by atoms with van der Waals surface area (Å²) in [4.78, 5) is 14.4. The van der Waals surface area contributed by atoms with Crippen LogP contribution in [0, 0.1) is 0 Å². The number of nitrogens with zero attached hydrogens (tertiary/aromatic N) is 1. The number of pyridine rings is 1. The first-order valence-corrected chi connectivity index (χ1v) is 4.19. The number of nitrogen functional groups attached to an aromatic ring is 1. The van der Waals surface area contributed by atoms with E-state index in [1.54, 1.807) is 0 Å². The molecule has 0 fully saturated rings. The number of rotatable bonds is 3. The van der Waals surface area contributed by atoms with Gasteiger partial charge in [-0.05, 0) is 13.0 Å². The van der Waals surface area contributed by atoms with E-state index in [0.717, 1.165) is 0 Å². The second-order valence-electron chi connectivity index (χ2n) is 2.94. The van der Waals surface area contributed by atoms with Gasteiger partial charge < -0.3 is 15.6 Å². The Labute approximate surface area is 85.7 Å². The summed E-state index contributed by atoms with van der Waals surface area (Å²) < 4.78 is 17.7. The Balaban J connectivity index is 3.38. The number of carbonyl (C=O) groups is 1. The van der Waals surface area contributed by atoms with Gasteiger partial charge >= 0.3 is 5.97 Å². The van der Waals surface area contributed by atoms with Crippen molar-refractivity contribution in [2.45, 2.75) is 13.1 Å². The lowest BCUT2D eigenvalue weighted by Gasteiger charge is -2.10. The Morgan fingerprint density at radius 3 is 2.73 bits per heavy atom. The summed E-state index contributed by atoms with van der Waals surface area (Å²) in [6.45, 7) is 1.25. The lowest BCUT2D eigenvalue weighted by Crippen LogP contribution is -2.09. The maximum absolute atomic E-state index is 12.9. The number of carboxylic acid groups (broad SMARTS) is 1. The minimum Gasteiger partial charge on any atom is -0.492 e. The summed E-state index contributed by atoms with van der Waals surface area (Å²) in [7, 11) is 1.28. The molecule has 0 aliphatic heterocycles. The van der Waals surface area contributed by atoms with Crippen LogP contribution in [0.5, 0.6) is 5.75 Å². The second-order valence-corrected chi connectivity index (χ2v) is 2.94. The lowest BCUT2D eigenvalue weighted by molar-refractivity contribution is 0.0686. The zero-order chi connectivity index (χ0) is 11.6. The molecular weight excluding hydrogens is 203 g/mol. The van der Waals surface area contributed by atoms with Crippen molar-refractivity contribution in [1.82, 2.24) is 4.98 Å². The van der Waals surface area contributed by atoms with Gasteiger partial charge in [0, 0.05) is 0 Å². The van der Waals surface area contributed by atoms with Gasteiger partial charge in [0.1, 0.15) is 6.17 Å². The number of nitrogens with two attached hydrogens (primary N) is 1. The van der Waals surface area contributed by atoms with E-state index in [0.29, 0.717) is 0 Å². The molecule has 1 heterocycles. The number of hydrogen-bond acceptors (Lipinski definition) is 4. The van der Waals surface area contributed by atoms with E-state index >= 15 is 0 Å². The number of alkyl halides is 1. The van der Waals surface area contributed by atoms with Crippen molar-refractivity contribution >= 4 is 11.7 Å². The number of methoxy groups -OCH3 is 1. The van der Waals surface area contributed by atoms with E-state index in [2.05, 4.69) is 4.98 Å². The molecule has 15 heavy (non-hydrogen) atoms. The van der Waals surface area contributed by atoms with Crippen molar-refractivity contribution in [3.63, 3.8) is 0 Å². The Morgan fingerprint density at radius 1 is 1.73 bits per heavy atom. The van der Waals surface area contributed by atoms with Gasteiger partial charge in [-0.25, -0.2) is 14.2 Å². The van der Waals surface area contributed by atoms with Crippen molar-refractivity contribution < 1.29 is 19.0 Å². The molecule has 3 N–H and O–H groups in total. The quantitative estimate of drug-likeness (QED) is 0.794. The first kappa shape index (κ1) is 11.2. The molecule has 0 radical (unpaired) electrons. The van der Waals surface area contributed by atoms with Crippen LogP contribution >= 0.6 is 0 Å². The van der Waals surface area contributed by atoms with Gasteiger partial charge in [0.15, 0.2) is 11.4 Å². The molecule has 6 heteroatoms. The Morgan fingerprint density at radius 2 is 2.33 bits per heavy atom. The van der Waals surface area contributed by atoms with Crippen molar-refractivity contribution in [2.75, 3.05) is 12.8 Å². The van der Waals surface area contributed by atoms with Crippen molar-refractivity contribution in [2.24, 2.45) is 0 Å². The van der Waals surface area contributed by atoms with Gasteiger partial charge in [0.25, 0.3) is 0 Å². The standard InChI is InChI=1S/C9H11FN2O3/c1-4(10)6-3-5(11)8(15-2)7(12-6)9(13)14/h3-4H,1-2H3,(H2,11,12)(H,13,14). The minimum absolute atomic E-state index is 0.0225. The first-order valence-electron chi connectivity index (χ1n) is 4.19. The van der Waals surface area contributed by atoms with E-state index in [1.165, 1.54) is 20.1 Å². The van der Waals surface area contributed by atoms with Gasteiger partial charge in [-0.2, -0.15) is 0 Å². The van der Waals surface area contributed by atoms with E-state index in [9.17, 15) is 9.18 Å². The number of aromatic nitrogens is 1. The van der Waals surface area contributed by atoms with Crippen LogP contribution in [0.25, 0.3) is 0 Å². The van der Waals surface area contributed by atoms with Crippen LogP contribution in [0.15, 0.2) is 6.07 Å². The largest absolute Gasteiger partial charge is 0.492 e. The number of anilines is 1. The highest BCUT2D eigenvalue weighted by Gasteiger charge is 2.19. The average Bonchev–Trinajstić information content (AvgIpc) is 2.16. The molecule has 0 aliphatic rings. The second kappa shape index (κ2) is 4.12. The summed E-state index contributed by atoms with van der Waals surface area (Å²) >= 11 is 0. The molecular formula is C9H11FN2O3. The van der Waals surface area contributed by atoms with Crippen LogP contribution < -0.4 is 10.5 Å². The number of hydrogen-bond donors (Lipinski definition) is 2. The fraction of sp³-hybridized carbons (Fsp3) is 0.333. The van der Waals surface area contributed by atoms with Gasteiger partial charge in [-0.3, -0.25) is 0 Å². The Bertz CT molecular complexity index is 393. The number of carboxylic acids is 1. The Kier molecular flexibility index (Phi) is 3.08. The molecule has 82 valence electrons. The molecule has 0 aromatic carbocycles. The third-order valence-electron chi connectivity index (χ3n) is 1.84. The van der Waals surface area contributed by atoms with Gasteiger partial charge in [-0.1, -0.05) is 0 Å². The van der Waals surface area contributed by atoms with Crippen molar-refractivity contribution in [3.05, 3.63) is 17.5 Å². The highest BCUT2D eigenvalue weighted by atomic mass is 19.1. The van der Waals surface area contributed by atoms with Crippen molar-refractivity contribution in [3.8, 4) is 5.75 Å². The molecule has 1 atom stereocenters. The molecule has 0 bridgehead atoms. The van der Waals surface area contributed by atoms with Crippen LogP contribution in [0.3, 0.4) is 0 Å². The molecule has 0 aliphatic carbocycles. The monoisotopic (exact) mass is 214 g/mol. The minimum atomic E-state index is -1.38. The fourth-order valence-electron chi connectivity index (χ4n) is 1.14. The van der Waals surface area contributed by atoms with Gasteiger partial charge in [0.2, 0.25) is 0 Å². The summed E-state index contributed by atoms with van der Waals surface area (Å²) in [6, 6.07) is 1.26. The molecule has 0 spiro atoms. The molecule has 0 amide bonds. The maximum atomic E-state index is 12.9. The first-order chi connectivity index (χ1) is 6.97. The normalized spacial score (nSPS) is 12.2. The summed E-state index contributed by atoms with van der Waals surface area (Å²) in [5.41, 5.74) is 5.17. The molecule has 0 saturated heterocycles. The highest BCUT2D eigenvalue weighted by molar-refractivity contribution is 5.91. The molecule has 0 saturated carbocycles. The smallest absolute Gasteiger partial charge is 0.358 e. The van der Waals surface area contributed by atoms with Gasteiger partial charge in [0.05, 0.1) is 18.5 Å². The van der Waals surface area contributed by atoms with E-state index < -0.39 is 12.1 Å². The third kappa shape index (κ3) is 2.15. The molecule has 1 unspecified atom stereocenters. The third-order valence-corrected chi connectivity index (χ3v) is 1.84. The maximum Gasteiger partial charge on any atom is 0.358 e. The number of aromatic carboxylic acids is 1. The molecule has 5 nitrogen and oxygen atoms in total. The summed E-state index contributed by atoms with van der Waals surface area (Å²) in [6.07, 6.45) is -1.38. The average molecular weight is 214 g/mol. The molecule has 1 aromatic heterocycles. The predicted octanol–water partition coefficient (Wildman–Crippen LogP) is 1.40. The lowest BCUT2D eigenvalue weighted by atomic mass is 10.2. The topological polar surface area (TPSA) is 85.4 Å². The molecule has 1 aromatic rings. The zero-order valence-corrected chi connectivity index (χ0v) is 8.32. The zero-order valence-electron chi connectivity index (χ0n) is 8.32.